The Kier molecular flexibility index (Phi) is 4.33. The van der Waals surface area contributed by atoms with Crippen molar-refractivity contribution in [2.45, 2.75) is 31.8 Å². The second-order valence-corrected chi connectivity index (χ2v) is 6.36. The minimum atomic E-state index is 0.00605. The Morgan fingerprint density at radius 1 is 1.08 bits per heavy atom. The van der Waals surface area contributed by atoms with Crippen molar-refractivity contribution in [3.63, 3.8) is 0 Å². The molecule has 3 aromatic rings. The lowest BCUT2D eigenvalue weighted by molar-refractivity contribution is 0.0577. The SMILES string of the molecule is O=C(c1ccn(-c2ccccc2)n1)N1CCCCC1Cn1cccn1. The molecule has 1 saturated heterocycles. The fourth-order valence-corrected chi connectivity index (χ4v) is 3.39. The number of piperidine rings is 1. The summed E-state index contributed by atoms with van der Waals surface area (Å²) < 4.78 is 3.65. The molecule has 1 atom stereocenters. The van der Waals surface area contributed by atoms with E-state index in [0.29, 0.717) is 5.69 Å². The molecule has 6 nitrogen and oxygen atoms in total. The first-order valence-electron chi connectivity index (χ1n) is 8.71. The number of rotatable bonds is 4. The second-order valence-electron chi connectivity index (χ2n) is 6.36. The standard InChI is InChI=1S/C19H21N5O/c25-19(18-10-14-24(21-18)16-7-2-1-3-8-16)23-13-5-4-9-17(23)15-22-12-6-11-20-22/h1-3,6-8,10-12,14,17H,4-5,9,13,15H2. The van der Waals surface area contributed by atoms with Gasteiger partial charge in [0.15, 0.2) is 5.69 Å². The zero-order chi connectivity index (χ0) is 17.1. The van der Waals surface area contributed by atoms with Crippen molar-refractivity contribution in [1.29, 1.82) is 0 Å². The van der Waals surface area contributed by atoms with Crippen LogP contribution in [0.4, 0.5) is 0 Å². The van der Waals surface area contributed by atoms with Crippen LogP contribution in [0.2, 0.25) is 0 Å². The minimum Gasteiger partial charge on any atom is -0.332 e. The third-order valence-corrected chi connectivity index (χ3v) is 4.67. The molecule has 0 N–H and O–H groups in total. The van der Waals surface area contributed by atoms with Crippen molar-refractivity contribution in [2.75, 3.05) is 6.54 Å². The summed E-state index contributed by atoms with van der Waals surface area (Å²) in [6.07, 6.45) is 8.76. The van der Waals surface area contributed by atoms with Crippen molar-refractivity contribution in [1.82, 2.24) is 24.5 Å². The van der Waals surface area contributed by atoms with E-state index in [4.69, 9.17) is 0 Å². The van der Waals surface area contributed by atoms with Crippen LogP contribution in [-0.2, 0) is 6.54 Å². The maximum absolute atomic E-state index is 13.0. The number of carbonyl (C=O) groups is 1. The van der Waals surface area contributed by atoms with Crippen molar-refractivity contribution in [3.8, 4) is 5.69 Å². The monoisotopic (exact) mass is 335 g/mol. The maximum Gasteiger partial charge on any atom is 0.274 e. The second kappa shape index (κ2) is 6.93. The number of benzene rings is 1. The van der Waals surface area contributed by atoms with Gasteiger partial charge in [0, 0.05) is 25.1 Å². The summed E-state index contributed by atoms with van der Waals surface area (Å²) in [7, 11) is 0. The number of hydrogen-bond donors (Lipinski definition) is 0. The molecule has 1 fully saturated rings. The highest BCUT2D eigenvalue weighted by molar-refractivity contribution is 5.92. The highest BCUT2D eigenvalue weighted by atomic mass is 16.2. The lowest BCUT2D eigenvalue weighted by Gasteiger charge is -2.35. The first-order chi connectivity index (χ1) is 12.3. The number of aromatic nitrogens is 4. The van der Waals surface area contributed by atoms with E-state index in [1.807, 2.05) is 58.4 Å². The van der Waals surface area contributed by atoms with Crippen LogP contribution in [0.15, 0.2) is 61.1 Å². The summed E-state index contributed by atoms with van der Waals surface area (Å²) in [6.45, 7) is 1.51. The lowest BCUT2D eigenvalue weighted by Crippen LogP contribution is -2.46. The molecular formula is C19H21N5O. The van der Waals surface area contributed by atoms with Crippen LogP contribution in [0.5, 0.6) is 0 Å². The highest BCUT2D eigenvalue weighted by Gasteiger charge is 2.29. The van der Waals surface area contributed by atoms with E-state index in [9.17, 15) is 4.79 Å². The lowest BCUT2D eigenvalue weighted by atomic mass is 10.0. The highest BCUT2D eigenvalue weighted by Crippen LogP contribution is 2.21. The molecule has 4 rings (SSSR count). The average Bonchev–Trinajstić information content (AvgIpc) is 3.34. The molecule has 1 aromatic carbocycles. The van der Waals surface area contributed by atoms with E-state index in [1.165, 1.54) is 0 Å². The van der Waals surface area contributed by atoms with Gasteiger partial charge in [0.1, 0.15) is 0 Å². The Morgan fingerprint density at radius 2 is 1.96 bits per heavy atom. The van der Waals surface area contributed by atoms with Gasteiger partial charge in [-0.05, 0) is 43.5 Å². The molecule has 6 heteroatoms. The number of hydrogen-bond acceptors (Lipinski definition) is 3. The van der Waals surface area contributed by atoms with Crippen LogP contribution >= 0.6 is 0 Å². The van der Waals surface area contributed by atoms with E-state index >= 15 is 0 Å². The largest absolute Gasteiger partial charge is 0.332 e. The zero-order valence-electron chi connectivity index (χ0n) is 14.0. The van der Waals surface area contributed by atoms with Crippen molar-refractivity contribution >= 4 is 5.91 Å². The molecular weight excluding hydrogens is 314 g/mol. The van der Waals surface area contributed by atoms with E-state index in [2.05, 4.69) is 10.2 Å². The normalized spacial score (nSPS) is 17.6. The van der Waals surface area contributed by atoms with Gasteiger partial charge in [-0.2, -0.15) is 10.2 Å². The first kappa shape index (κ1) is 15.6. The molecule has 0 aliphatic carbocycles. The van der Waals surface area contributed by atoms with Gasteiger partial charge in [-0.25, -0.2) is 4.68 Å². The van der Waals surface area contributed by atoms with Gasteiger partial charge < -0.3 is 4.90 Å². The van der Waals surface area contributed by atoms with Crippen molar-refractivity contribution in [3.05, 3.63) is 66.7 Å². The molecule has 0 bridgehead atoms. The number of nitrogens with zero attached hydrogens (tertiary/aromatic N) is 5. The summed E-state index contributed by atoms with van der Waals surface area (Å²) in [5.74, 6) is 0.00605. The summed E-state index contributed by atoms with van der Waals surface area (Å²) in [5, 5.41) is 8.77. The van der Waals surface area contributed by atoms with Crippen LogP contribution in [0.1, 0.15) is 29.8 Å². The van der Waals surface area contributed by atoms with E-state index in [1.54, 1.807) is 16.9 Å². The van der Waals surface area contributed by atoms with Crippen LogP contribution in [-0.4, -0.2) is 43.0 Å². The molecule has 1 aliphatic heterocycles. The fourth-order valence-electron chi connectivity index (χ4n) is 3.39. The van der Waals surface area contributed by atoms with Gasteiger partial charge in [-0.15, -0.1) is 0 Å². The molecule has 1 unspecified atom stereocenters. The van der Waals surface area contributed by atoms with E-state index in [0.717, 1.165) is 38.0 Å². The summed E-state index contributed by atoms with van der Waals surface area (Å²) in [6, 6.07) is 13.7. The van der Waals surface area contributed by atoms with Gasteiger partial charge in [0.25, 0.3) is 5.91 Å². The summed E-state index contributed by atoms with van der Waals surface area (Å²) in [4.78, 5) is 15.0. The van der Waals surface area contributed by atoms with Gasteiger partial charge in [-0.3, -0.25) is 9.48 Å². The third kappa shape index (κ3) is 3.33. The average molecular weight is 335 g/mol. The molecule has 128 valence electrons. The topological polar surface area (TPSA) is 56.0 Å². The molecule has 25 heavy (non-hydrogen) atoms. The third-order valence-electron chi connectivity index (χ3n) is 4.67. The van der Waals surface area contributed by atoms with Crippen LogP contribution in [0.25, 0.3) is 5.69 Å². The van der Waals surface area contributed by atoms with Crippen LogP contribution in [0, 0.1) is 0 Å². The predicted octanol–water partition coefficient (Wildman–Crippen LogP) is 2.76. The number of para-hydroxylation sites is 1. The van der Waals surface area contributed by atoms with Gasteiger partial charge >= 0.3 is 0 Å². The van der Waals surface area contributed by atoms with Crippen molar-refractivity contribution < 1.29 is 4.79 Å². The van der Waals surface area contributed by atoms with E-state index in [-0.39, 0.29) is 11.9 Å². The molecule has 3 heterocycles. The molecule has 0 saturated carbocycles. The zero-order valence-corrected chi connectivity index (χ0v) is 14.0. The van der Waals surface area contributed by atoms with Crippen LogP contribution < -0.4 is 0 Å². The molecule has 1 aliphatic rings. The smallest absolute Gasteiger partial charge is 0.274 e. The minimum absolute atomic E-state index is 0.00605. The maximum atomic E-state index is 13.0. The molecule has 1 amide bonds. The van der Waals surface area contributed by atoms with Gasteiger partial charge in [0.2, 0.25) is 0 Å². The van der Waals surface area contributed by atoms with Crippen LogP contribution in [0.3, 0.4) is 0 Å². The molecule has 0 radical (unpaired) electrons. The fraction of sp³-hybridized carbons (Fsp3) is 0.316. The van der Waals surface area contributed by atoms with Gasteiger partial charge in [-0.1, -0.05) is 18.2 Å². The Labute approximate surface area is 146 Å². The van der Waals surface area contributed by atoms with Crippen molar-refractivity contribution in [2.24, 2.45) is 0 Å². The van der Waals surface area contributed by atoms with Gasteiger partial charge in [0.05, 0.1) is 18.3 Å². The number of likely N-dealkylation sites (tertiary alicyclic amines) is 1. The molecule has 0 spiro atoms. The Morgan fingerprint density at radius 3 is 2.76 bits per heavy atom. The Balaban J connectivity index is 1.53. The quantitative estimate of drug-likeness (QED) is 0.737. The predicted molar refractivity (Wildman–Crippen MR) is 94.5 cm³/mol. The summed E-state index contributed by atoms with van der Waals surface area (Å²) >= 11 is 0. The summed E-state index contributed by atoms with van der Waals surface area (Å²) in [5.41, 5.74) is 1.45. The molecule has 2 aromatic heterocycles. The number of amides is 1. The Hall–Kier alpha value is -2.89. The first-order valence-corrected chi connectivity index (χ1v) is 8.71. The Bertz CT molecular complexity index is 825. The number of carbonyl (C=O) groups excluding carboxylic acids is 1. The van der Waals surface area contributed by atoms with E-state index < -0.39 is 0 Å².